The van der Waals surface area contributed by atoms with Crippen LogP contribution >= 0.6 is 11.6 Å². The van der Waals surface area contributed by atoms with Crippen LogP contribution in [0.15, 0.2) is 12.1 Å². The monoisotopic (exact) mass is 229 g/mol. The third kappa shape index (κ3) is 2.84. The number of hydrogen-bond donors (Lipinski definition) is 2. The summed E-state index contributed by atoms with van der Waals surface area (Å²) < 4.78 is 5.10. The van der Waals surface area contributed by atoms with Gasteiger partial charge in [-0.15, -0.1) is 0 Å². The van der Waals surface area contributed by atoms with Gasteiger partial charge in [0, 0.05) is 12.6 Å². The topological polar surface area (TPSA) is 55.5 Å². The van der Waals surface area contributed by atoms with Crippen molar-refractivity contribution in [2.24, 2.45) is 5.73 Å². The molecule has 1 aromatic rings. The number of benzene rings is 1. The van der Waals surface area contributed by atoms with E-state index in [1.807, 2.05) is 13.0 Å². The lowest BCUT2D eigenvalue weighted by atomic mass is 9.99. The summed E-state index contributed by atoms with van der Waals surface area (Å²) in [6.07, 6.45) is 0.531. The zero-order chi connectivity index (χ0) is 11.4. The van der Waals surface area contributed by atoms with E-state index in [9.17, 15) is 0 Å². The number of hydrogen-bond acceptors (Lipinski definition) is 3. The molecule has 0 heterocycles. The SMILES string of the molecule is COc1cc(C)c(C(N)CCO)cc1Cl. The second-order valence-electron chi connectivity index (χ2n) is 3.46. The maximum Gasteiger partial charge on any atom is 0.137 e. The maximum absolute atomic E-state index is 8.82. The number of rotatable bonds is 4. The van der Waals surface area contributed by atoms with Crippen molar-refractivity contribution in [2.75, 3.05) is 13.7 Å². The van der Waals surface area contributed by atoms with Crippen molar-refractivity contribution in [1.29, 1.82) is 0 Å². The first-order valence-corrected chi connectivity index (χ1v) is 5.18. The van der Waals surface area contributed by atoms with Gasteiger partial charge in [-0.2, -0.15) is 0 Å². The minimum absolute atomic E-state index is 0.0737. The standard InChI is InChI=1S/C11H16ClNO2/c1-7-5-11(15-2)9(12)6-8(7)10(13)3-4-14/h5-6,10,14H,3-4,13H2,1-2H3. The first-order chi connectivity index (χ1) is 7.10. The van der Waals surface area contributed by atoms with Gasteiger partial charge in [0.05, 0.1) is 12.1 Å². The van der Waals surface area contributed by atoms with Crippen LogP contribution in [0.1, 0.15) is 23.6 Å². The van der Waals surface area contributed by atoms with E-state index in [2.05, 4.69) is 0 Å². The van der Waals surface area contributed by atoms with Crippen LogP contribution in [0.2, 0.25) is 5.02 Å². The second-order valence-corrected chi connectivity index (χ2v) is 3.87. The highest BCUT2D eigenvalue weighted by Crippen LogP contribution is 2.30. The Labute approximate surface area is 94.8 Å². The Balaban J connectivity index is 3.04. The van der Waals surface area contributed by atoms with Crippen LogP contribution in [-0.4, -0.2) is 18.8 Å². The summed E-state index contributed by atoms with van der Waals surface area (Å²) >= 11 is 6.00. The van der Waals surface area contributed by atoms with Crippen LogP contribution in [0.5, 0.6) is 5.75 Å². The molecule has 0 radical (unpaired) electrons. The van der Waals surface area contributed by atoms with Gasteiger partial charge in [-0.1, -0.05) is 11.6 Å². The Hall–Kier alpha value is -0.770. The average molecular weight is 230 g/mol. The molecule has 0 bridgehead atoms. The second kappa shape index (κ2) is 5.35. The first-order valence-electron chi connectivity index (χ1n) is 4.80. The van der Waals surface area contributed by atoms with Gasteiger partial charge < -0.3 is 15.6 Å². The van der Waals surface area contributed by atoms with Crippen LogP contribution in [0.4, 0.5) is 0 Å². The van der Waals surface area contributed by atoms with E-state index in [0.29, 0.717) is 17.2 Å². The maximum atomic E-state index is 8.82. The van der Waals surface area contributed by atoms with E-state index in [4.69, 9.17) is 27.2 Å². The molecule has 3 N–H and O–H groups in total. The molecule has 1 unspecified atom stereocenters. The molecule has 0 saturated carbocycles. The summed E-state index contributed by atoms with van der Waals surface area (Å²) in [6.45, 7) is 2.02. The minimum atomic E-state index is -0.182. The lowest BCUT2D eigenvalue weighted by Crippen LogP contribution is -2.13. The molecule has 1 rings (SSSR count). The zero-order valence-electron chi connectivity index (χ0n) is 8.96. The summed E-state index contributed by atoms with van der Waals surface area (Å²) in [5, 5.41) is 9.37. The summed E-state index contributed by atoms with van der Waals surface area (Å²) in [5.74, 6) is 0.647. The molecule has 0 amide bonds. The predicted octanol–water partition coefficient (Wildman–Crippen LogP) is 2.04. The first kappa shape index (κ1) is 12.3. The van der Waals surface area contributed by atoms with Crippen LogP contribution in [0, 0.1) is 6.92 Å². The number of aliphatic hydroxyl groups excluding tert-OH is 1. The molecule has 3 nitrogen and oxygen atoms in total. The Morgan fingerprint density at radius 2 is 2.20 bits per heavy atom. The molecule has 0 fully saturated rings. The molecule has 0 spiro atoms. The van der Waals surface area contributed by atoms with Gasteiger partial charge in [0.15, 0.2) is 0 Å². The van der Waals surface area contributed by atoms with Crippen molar-refractivity contribution < 1.29 is 9.84 Å². The van der Waals surface area contributed by atoms with Gasteiger partial charge in [0.1, 0.15) is 5.75 Å². The quantitative estimate of drug-likeness (QED) is 0.831. The average Bonchev–Trinajstić information content (AvgIpc) is 2.21. The largest absolute Gasteiger partial charge is 0.495 e. The molecule has 0 aliphatic heterocycles. The van der Waals surface area contributed by atoms with E-state index in [-0.39, 0.29) is 12.6 Å². The summed E-state index contributed by atoms with van der Waals surface area (Å²) in [6, 6.07) is 3.48. The Kier molecular flexibility index (Phi) is 4.39. The number of nitrogens with two attached hydrogens (primary N) is 1. The lowest BCUT2D eigenvalue weighted by molar-refractivity contribution is 0.276. The van der Waals surface area contributed by atoms with Gasteiger partial charge in [-0.3, -0.25) is 0 Å². The van der Waals surface area contributed by atoms with E-state index in [1.165, 1.54) is 0 Å². The molecule has 0 saturated heterocycles. The van der Waals surface area contributed by atoms with Gasteiger partial charge >= 0.3 is 0 Å². The molecule has 0 aromatic heterocycles. The molecule has 0 aliphatic carbocycles. The normalized spacial score (nSPS) is 12.6. The predicted molar refractivity (Wildman–Crippen MR) is 61.4 cm³/mol. The van der Waals surface area contributed by atoms with Gasteiger partial charge in [-0.05, 0) is 36.6 Å². The molecular weight excluding hydrogens is 214 g/mol. The van der Waals surface area contributed by atoms with Crippen LogP contribution in [0.25, 0.3) is 0 Å². The van der Waals surface area contributed by atoms with E-state index < -0.39 is 0 Å². The van der Waals surface area contributed by atoms with Crippen LogP contribution in [0.3, 0.4) is 0 Å². The summed E-state index contributed by atoms with van der Waals surface area (Å²) in [7, 11) is 1.58. The Morgan fingerprint density at radius 3 is 2.73 bits per heavy atom. The Bertz CT molecular complexity index is 342. The van der Waals surface area contributed by atoms with E-state index >= 15 is 0 Å². The molecule has 1 atom stereocenters. The van der Waals surface area contributed by atoms with Gasteiger partial charge in [0.25, 0.3) is 0 Å². The fourth-order valence-electron chi connectivity index (χ4n) is 1.52. The number of ether oxygens (including phenoxy) is 1. The lowest BCUT2D eigenvalue weighted by Gasteiger charge is -2.15. The number of aliphatic hydroxyl groups is 1. The highest BCUT2D eigenvalue weighted by atomic mass is 35.5. The molecule has 15 heavy (non-hydrogen) atoms. The van der Waals surface area contributed by atoms with Gasteiger partial charge in [-0.25, -0.2) is 0 Å². The molecular formula is C11H16ClNO2. The fraction of sp³-hybridized carbons (Fsp3) is 0.455. The van der Waals surface area contributed by atoms with Crippen molar-refractivity contribution in [3.05, 3.63) is 28.3 Å². The van der Waals surface area contributed by atoms with Crippen molar-refractivity contribution in [3.8, 4) is 5.75 Å². The van der Waals surface area contributed by atoms with Crippen molar-refractivity contribution in [1.82, 2.24) is 0 Å². The van der Waals surface area contributed by atoms with E-state index in [1.54, 1.807) is 13.2 Å². The smallest absolute Gasteiger partial charge is 0.137 e. The summed E-state index contributed by atoms with van der Waals surface area (Å²) in [5.41, 5.74) is 7.89. The molecule has 1 aromatic carbocycles. The number of aryl methyl sites for hydroxylation is 1. The van der Waals surface area contributed by atoms with Crippen molar-refractivity contribution in [3.63, 3.8) is 0 Å². The molecule has 0 aliphatic rings. The van der Waals surface area contributed by atoms with Crippen LogP contribution in [-0.2, 0) is 0 Å². The third-order valence-corrected chi connectivity index (χ3v) is 2.68. The molecule has 4 heteroatoms. The van der Waals surface area contributed by atoms with Gasteiger partial charge in [0.2, 0.25) is 0 Å². The van der Waals surface area contributed by atoms with Crippen molar-refractivity contribution in [2.45, 2.75) is 19.4 Å². The Morgan fingerprint density at radius 1 is 1.53 bits per heavy atom. The third-order valence-electron chi connectivity index (χ3n) is 2.38. The highest BCUT2D eigenvalue weighted by molar-refractivity contribution is 6.32. The number of halogens is 1. The zero-order valence-corrected chi connectivity index (χ0v) is 9.71. The van der Waals surface area contributed by atoms with Crippen molar-refractivity contribution >= 4 is 11.6 Å². The fourth-order valence-corrected chi connectivity index (χ4v) is 1.77. The van der Waals surface area contributed by atoms with Crippen LogP contribution < -0.4 is 10.5 Å². The highest BCUT2D eigenvalue weighted by Gasteiger charge is 2.12. The minimum Gasteiger partial charge on any atom is -0.495 e. The summed E-state index contributed by atoms with van der Waals surface area (Å²) in [4.78, 5) is 0. The number of methoxy groups -OCH3 is 1. The molecule has 84 valence electrons. The van der Waals surface area contributed by atoms with E-state index in [0.717, 1.165) is 11.1 Å².